The van der Waals surface area contributed by atoms with Gasteiger partial charge in [-0.15, -0.1) is 0 Å². The first-order valence-corrected chi connectivity index (χ1v) is 11.3. The van der Waals surface area contributed by atoms with Crippen LogP contribution in [0, 0.1) is 0 Å². The van der Waals surface area contributed by atoms with Crippen molar-refractivity contribution in [3.63, 3.8) is 0 Å². The van der Waals surface area contributed by atoms with Gasteiger partial charge in [0.15, 0.2) is 0 Å². The third-order valence-corrected chi connectivity index (χ3v) is 6.58. The van der Waals surface area contributed by atoms with E-state index in [1.165, 1.54) is 0 Å². The molecule has 0 radical (unpaired) electrons. The van der Waals surface area contributed by atoms with Crippen LogP contribution < -0.4 is 15.0 Å². The number of piperazine rings is 1. The predicted molar refractivity (Wildman–Crippen MR) is 123 cm³/mol. The number of carbonyl (C=O) groups excluding carboxylic acids is 1. The number of rotatable bonds is 7. The molecule has 1 amide bonds. The third-order valence-electron chi connectivity index (χ3n) is 5.77. The zero-order chi connectivity index (χ0) is 20.9. The van der Waals surface area contributed by atoms with Gasteiger partial charge in [-0.2, -0.15) is 0 Å². The Kier molecular flexibility index (Phi) is 7.03. The van der Waals surface area contributed by atoms with E-state index in [-0.39, 0.29) is 5.91 Å². The number of hydrogen-bond donors (Lipinski definition) is 1. The molecule has 2 heterocycles. The summed E-state index contributed by atoms with van der Waals surface area (Å²) in [4.78, 5) is 16.5. The number of ether oxygens (including phenoxy) is 1. The van der Waals surface area contributed by atoms with Gasteiger partial charge in [-0.05, 0) is 49.6 Å². The van der Waals surface area contributed by atoms with Gasteiger partial charge in [-0.1, -0.05) is 41.4 Å². The summed E-state index contributed by atoms with van der Waals surface area (Å²) in [7, 11) is 0. The number of nitrogens with zero attached hydrogens (tertiary/aromatic N) is 2. The first-order chi connectivity index (χ1) is 14.6. The van der Waals surface area contributed by atoms with E-state index in [0.717, 1.165) is 74.7 Å². The Morgan fingerprint density at radius 2 is 1.77 bits per heavy atom. The summed E-state index contributed by atoms with van der Waals surface area (Å²) in [6, 6.07) is 11.8. The van der Waals surface area contributed by atoms with Crippen LogP contribution in [0.25, 0.3) is 0 Å². The fourth-order valence-electron chi connectivity index (χ4n) is 4.07. The van der Waals surface area contributed by atoms with Gasteiger partial charge in [0.1, 0.15) is 5.75 Å². The second-order valence-electron chi connectivity index (χ2n) is 7.80. The average Bonchev–Trinajstić information content (AvgIpc) is 2.76. The second kappa shape index (κ2) is 9.90. The van der Waals surface area contributed by atoms with Gasteiger partial charge in [0.25, 0.3) is 0 Å². The second-order valence-corrected chi connectivity index (χ2v) is 8.58. The number of anilines is 2. The highest BCUT2D eigenvalue weighted by molar-refractivity contribution is 6.43. The number of aryl methyl sites for hydroxylation is 1. The fraction of sp³-hybridized carbons (Fsp3) is 0.435. The van der Waals surface area contributed by atoms with E-state index in [1.807, 2.05) is 30.3 Å². The Morgan fingerprint density at radius 1 is 0.967 bits per heavy atom. The molecule has 1 saturated heterocycles. The number of para-hydroxylation sites is 1. The predicted octanol–water partition coefficient (Wildman–Crippen LogP) is 4.86. The van der Waals surface area contributed by atoms with Crippen LogP contribution in [0.15, 0.2) is 36.4 Å². The van der Waals surface area contributed by atoms with Crippen molar-refractivity contribution in [2.45, 2.75) is 25.7 Å². The Bertz CT molecular complexity index is 898. The number of nitrogens with one attached hydrogen (secondary N) is 1. The molecule has 0 aliphatic carbocycles. The molecule has 0 atom stereocenters. The summed E-state index contributed by atoms with van der Waals surface area (Å²) in [5.74, 6) is 0.851. The van der Waals surface area contributed by atoms with E-state index in [4.69, 9.17) is 27.9 Å². The largest absolute Gasteiger partial charge is 0.491 e. The lowest BCUT2D eigenvalue weighted by atomic mass is 10.0. The van der Waals surface area contributed by atoms with Crippen LogP contribution in [-0.2, 0) is 11.2 Å². The topological polar surface area (TPSA) is 44.8 Å². The molecule has 1 N–H and O–H groups in total. The summed E-state index contributed by atoms with van der Waals surface area (Å²) in [5, 5.41) is 4.20. The number of carbonyl (C=O) groups is 1. The molecule has 30 heavy (non-hydrogen) atoms. The van der Waals surface area contributed by atoms with Crippen LogP contribution >= 0.6 is 23.2 Å². The zero-order valence-electron chi connectivity index (χ0n) is 17.0. The smallest absolute Gasteiger partial charge is 0.224 e. The highest BCUT2D eigenvalue weighted by Crippen LogP contribution is 2.33. The van der Waals surface area contributed by atoms with Crippen molar-refractivity contribution in [3.05, 3.63) is 52.0 Å². The summed E-state index contributed by atoms with van der Waals surface area (Å²) in [6.07, 6.45) is 3.40. The summed E-state index contributed by atoms with van der Waals surface area (Å²) in [6.45, 7) is 5.65. The molecule has 2 aliphatic rings. The zero-order valence-corrected chi connectivity index (χ0v) is 18.5. The molecule has 0 spiro atoms. The van der Waals surface area contributed by atoms with E-state index >= 15 is 0 Å². The molecule has 0 unspecified atom stereocenters. The van der Waals surface area contributed by atoms with Crippen LogP contribution in [0.4, 0.5) is 11.4 Å². The molecular formula is C23H27Cl2N3O2. The molecule has 5 nitrogen and oxygen atoms in total. The molecule has 1 fully saturated rings. The Balaban J connectivity index is 1.18. The number of halogens is 2. The summed E-state index contributed by atoms with van der Waals surface area (Å²) >= 11 is 12.5. The Labute approximate surface area is 187 Å². The van der Waals surface area contributed by atoms with Crippen molar-refractivity contribution in [1.82, 2.24) is 4.90 Å². The van der Waals surface area contributed by atoms with E-state index in [2.05, 4.69) is 21.2 Å². The van der Waals surface area contributed by atoms with E-state index in [9.17, 15) is 4.79 Å². The molecule has 2 aromatic rings. The molecule has 2 aliphatic heterocycles. The van der Waals surface area contributed by atoms with E-state index in [0.29, 0.717) is 23.1 Å². The van der Waals surface area contributed by atoms with Crippen molar-refractivity contribution in [2.75, 3.05) is 49.5 Å². The summed E-state index contributed by atoms with van der Waals surface area (Å²) in [5.41, 5.74) is 3.03. The van der Waals surface area contributed by atoms with Gasteiger partial charge in [0.05, 0.1) is 28.0 Å². The lowest BCUT2D eigenvalue weighted by Crippen LogP contribution is -2.46. The Hall–Kier alpha value is -1.95. The SMILES string of the molecule is O=C1CCc2cccc(OCCCCN3CCN(c4cccc(Cl)c4Cl)CC3)c2N1. The van der Waals surface area contributed by atoms with Crippen LogP contribution in [-0.4, -0.2) is 50.1 Å². The highest BCUT2D eigenvalue weighted by atomic mass is 35.5. The van der Waals surface area contributed by atoms with Gasteiger partial charge < -0.3 is 15.0 Å². The Morgan fingerprint density at radius 3 is 2.60 bits per heavy atom. The van der Waals surface area contributed by atoms with E-state index in [1.54, 1.807) is 0 Å². The van der Waals surface area contributed by atoms with Crippen molar-refractivity contribution in [1.29, 1.82) is 0 Å². The lowest BCUT2D eigenvalue weighted by Gasteiger charge is -2.36. The lowest BCUT2D eigenvalue weighted by molar-refractivity contribution is -0.116. The van der Waals surface area contributed by atoms with Crippen LogP contribution in [0.2, 0.25) is 10.0 Å². The van der Waals surface area contributed by atoms with Crippen molar-refractivity contribution < 1.29 is 9.53 Å². The molecule has 4 rings (SSSR count). The van der Waals surface area contributed by atoms with Gasteiger partial charge in [-0.3, -0.25) is 9.69 Å². The number of fused-ring (bicyclic) bond motifs is 1. The van der Waals surface area contributed by atoms with Crippen LogP contribution in [0.5, 0.6) is 5.75 Å². The minimum Gasteiger partial charge on any atom is -0.491 e. The number of amides is 1. The highest BCUT2D eigenvalue weighted by Gasteiger charge is 2.20. The maximum Gasteiger partial charge on any atom is 0.224 e. The maximum atomic E-state index is 11.7. The van der Waals surface area contributed by atoms with Crippen molar-refractivity contribution >= 4 is 40.5 Å². The fourth-order valence-corrected chi connectivity index (χ4v) is 4.48. The molecule has 0 bridgehead atoms. The first-order valence-electron chi connectivity index (χ1n) is 10.6. The van der Waals surface area contributed by atoms with E-state index < -0.39 is 0 Å². The first kappa shape index (κ1) is 21.3. The van der Waals surface area contributed by atoms with Gasteiger partial charge in [-0.25, -0.2) is 0 Å². The van der Waals surface area contributed by atoms with Gasteiger partial charge >= 0.3 is 0 Å². The van der Waals surface area contributed by atoms with Gasteiger partial charge in [0, 0.05) is 32.6 Å². The normalized spacial score (nSPS) is 16.9. The molecule has 2 aromatic carbocycles. The third kappa shape index (κ3) is 5.02. The quantitative estimate of drug-likeness (QED) is 0.615. The van der Waals surface area contributed by atoms with Crippen LogP contribution in [0.3, 0.4) is 0 Å². The standard InChI is InChI=1S/C23H27Cl2N3O2/c24-18-6-4-7-19(22(18)25)28-14-12-27(13-15-28)11-1-2-16-30-20-8-3-5-17-9-10-21(29)26-23(17)20/h3-8H,1-2,9-16H2,(H,26,29). The number of hydrogen-bond acceptors (Lipinski definition) is 4. The molecule has 7 heteroatoms. The average molecular weight is 448 g/mol. The minimum absolute atomic E-state index is 0.0664. The number of benzene rings is 2. The number of unbranched alkanes of at least 4 members (excludes halogenated alkanes) is 1. The van der Waals surface area contributed by atoms with Gasteiger partial charge in [0.2, 0.25) is 5.91 Å². The molecule has 0 saturated carbocycles. The van der Waals surface area contributed by atoms with Crippen molar-refractivity contribution in [3.8, 4) is 5.75 Å². The summed E-state index contributed by atoms with van der Waals surface area (Å²) < 4.78 is 5.97. The molecule has 160 valence electrons. The molecular weight excluding hydrogens is 421 g/mol. The molecule has 0 aromatic heterocycles. The monoisotopic (exact) mass is 447 g/mol. The maximum absolute atomic E-state index is 11.7. The van der Waals surface area contributed by atoms with Crippen molar-refractivity contribution in [2.24, 2.45) is 0 Å². The minimum atomic E-state index is 0.0664. The van der Waals surface area contributed by atoms with Crippen LogP contribution in [0.1, 0.15) is 24.8 Å².